The van der Waals surface area contributed by atoms with Crippen LogP contribution in [0.1, 0.15) is 15.9 Å². The molecule has 0 fully saturated rings. The number of carbonyl (C=O) groups is 1. The Hall–Kier alpha value is -3.72. The standard InChI is InChI=1S/C20H16N2O6S/c1-28-16-8-10-17(11-9-16)29(26,27)21-18-12-7-15(13-19(18)22(24)25)20(23)14-5-3-2-4-6-14/h2-13,21H,1H3. The zero-order valence-corrected chi connectivity index (χ0v) is 16.0. The van der Waals surface area contributed by atoms with Gasteiger partial charge in [-0.3, -0.25) is 19.6 Å². The number of nitro benzene ring substituents is 1. The van der Waals surface area contributed by atoms with Gasteiger partial charge in [0.05, 0.1) is 16.9 Å². The van der Waals surface area contributed by atoms with Gasteiger partial charge in [-0.1, -0.05) is 30.3 Å². The number of sulfonamides is 1. The van der Waals surface area contributed by atoms with Gasteiger partial charge in [-0.25, -0.2) is 8.42 Å². The number of ether oxygens (including phenoxy) is 1. The van der Waals surface area contributed by atoms with Crippen LogP contribution in [0, 0.1) is 10.1 Å². The van der Waals surface area contributed by atoms with Gasteiger partial charge in [0.25, 0.3) is 15.7 Å². The van der Waals surface area contributed by atoms with E-state index >= 15 is 0 Å². The third kappa shape index (κ3) is 4.41. The molecule has 0 aromatic heterocycles. The molecule has 0 saturated carbocycles. The molecule has 3 aromatic carbocycles. The first-order valence-electron chi connectivity index (χ1n) is 8.37. The van der Waals surface area contributed by atoms with E-state index in [1.165, 1.54) is 43.5 Å². The van der Waals surface area contributed by atoms with Gasteiger partial charge in [0.2, 0.25) is 0 Å². The smallest absolute Gasteiger partial charge is 0.294 e. The fourth-order valence-corrected chi connectivity index (χ4v) is 3.70. The van der Waals surface area contributed by atoms with Crippen molar-refractivity contribution >= 4 is 27.2 Å². The van der Waals surface area contributed by atoms with Crippen LogP contribution in [0.3, 0.4) is 0 Å². The monoisotopic (exact) mass is 412 g/mol. The largest absolute Gasteiger partial charge is 0.497 e. The van der Waals surface area contributed by atoms with E-state index in [0.29, 0.717) is 11.3 Å². The third-order valence-electron chi connectivity index (χ3n) is 4.11. The Bertz CT molecular complexity index is 1160. The minimum atomic E-state index is -4.07. The Morgan fingerprint density at radius 2 is 1.62 bits per heavy atom. The second kappa shape index (κ2) is 8.11. The second-order valence-corrected chi connectivity index (χ2v) is 7.65. The number of methoxy groups -OCH3 is 1. The van der Waals surface area contributed by atoms with Crippen LogP contribution in [0.5, 0.6) is 5.75 Å². The van der Waals surface area contributed by atoms with Crippen LogP contribution in [-0.4, -0.2) is 26.2 Å². The van der Waals surface area contributed by atoms with Gasteiger partial charge in [-0.15, -0.1) is 0 Å². The molecule has 148 valence electrons. The molecule has 0 aliphatic rings. The molecule has 0 unspecified atom stereocenters. The molecule has 0 heterocycles. The van der Waals surface area contributed by atoms with E-state index in [2.05, 4.69) is 4.72 Å². The van der Waals surface area contributed by atoms with Gasteiger partial charge in [-0.05, 0) is 36.4 Å². The Labute approximate surface area is 167 Å². The summed E-state index contributed by atoms with van der Waals surface area (Å²) < 4.78 is 32.3. The quantitative estimate of drug-likeness (QED) is 0.360. The number of rotatable bonds is 7. The van der Waals surface area contributed by atoms with E-state index in [9.17, 15) is 23.3 Å². The average molecular weight is 412 g/mol. The van der Waals surface area contributed by atoms with Crippen molar-refractivity contribution in [1.82, 2.24) is 0 Å². The third-order valence-corrected chi connectivity index (χ3v) is 5.49. The molecule has 8 nitrogen and oxygen atoms in total. The Balaban J connectivity index is 1.95. The van der Waals surface area contributed by atoms with E-state index < -0.39 is 26.4 Å². The first kappa shape index (κ1) is 20.0. The predicted octanol–water partition coefficient (Wildman–Crippen LogP) is 3.64. The molecule has 3 aromatic rings. The molecule has 0 saturated heterocycles. The Morgan fingerprint density at radius 3 is 2.21 bits per heavy atom. The molecule has 0 bridgehead atoms. The molecule has 0 radical (unpaired) electrons. The maximum Gasteiger partial charge on any atom is 0.294 e. The van der Waals surface area contributed by atoms with Gasteiger partial charge in [0.1, 0.15) is 11.4 Å². The molecule has 1 N–H and O–H groups in total. The summed E-state index contributed by atoms with van der Waals surface area (Å²) in [6, 6.07) is 17.5. The Morgan fingerprint density at radius 1 is 0.966 bits per heavy atom. The van der Waals surface area contributed by atoms with Crippen molar-refractivity contribution < 1.29 is 22.9 Å². The number of hydrogen-bond acceptors (Lipinski definition) is 6. The minimum Gasteiger partial charge on any atom is -0.497 e. The molecular weight excluding hydrogens is 396 g/mol. The predicted molar refractivity (Wildman–Crippen MR) is 107 cm³/mol. The molecule has 0 spiro atoms. The second-order valence-electron chi connectivity index (χ2n) is 5.97. The molecule has 0 aliphatic heterocycles. The van der Waals surface area contributed by atoms with E-state index in [4.69, 9.17) is 4.74 Å². The summed E-state index contributed by atoms with van der Waals surface area (Å²) >= 11 is 0. The molecule has 0 aliphatic carbocycles. The summed E-state index contributed by atoms with van der Waals surface area (Å²) in [6.07, 6.45) is 0. The summed E-state index contributed by atoms with van der Waals surface area (Å²) in [4.78, 5) is 23.2. The van der Waals surface area contributed by atoms with Gasteiger partial charge < -0.3 is 4.74 Å². The molecule has 9 heteroatoms. The van der Waals surface area contributed by atoms with Gasteiger partial charge >= 0.3 is 0 Å². The molecule has 29 heavy (non-hydrogen) atoms. The van der Waals surface area contributed by atoms with Crippen LogP contribution in [0.25, 0.3) is 0 Å². The van der Waals surface area contributed by atoms with Gasteiger partial charge in [0, 0.05) is 17.2 Å². The number of benzene rings is 3. The highest BCUT2D eigenvalue weighted by Crippen LogP contribution is 2.29. The van der Waals surface area contributed by atoms with Crippen LogP contribution >= 0.6 is 0 Å². The highest BCUT2D eigenvalue weighted by molar-refractivity contribution is 7.92. The van der Waals surface area contributed by atoms with Gasteiger partial charge in [0.15, 0.2) is 5.78 Å². The lowest BCUT2D eigenvalue weighted by Gasteiger charge is -2.10. The topological polar surface area (TPSA) is 116 Å². The number of ketones is 1. The fraction of sp³-hybridized carbons (Fsp3) is 0.0500. The number of hydrogen-bond donors (Lipinski definition) is 1. The van der Waals surface area contributed by atoms with Crippen molar-refractivity contribution in [3.8, 4) is 5.75 Å². The van der Waals surface area contributed by atoms with E-state index in [1.54, 1.807) is 30.3 Å². The van der Waals surface area contributed by atoms with E-state index in [1.807, 2.05) is 0 Å². The SMILES string of the molecule is COc1ccc(S(=O)(=O)Nc2ccc(C(=O)c3ccccc3)cc2[N+](=O)[O-])cc1. The van der Waals surface area contributed by atoms with Crippen molar-refractivity contribution in [1.29, 1.82) is 0 Å². The van der Waals surface area contributed by atoms with E-state index in [-0.39, 0.29) is 16.1 Å². The lowest BCUT2D eigenvalue weighted by Crippen LogP contribution is -2.14. The first-order valence-corrected chi connectivity index (χ1v) is 9.85. The van der Waals surface area contributed by atoms with E-state index in [0.717, 1.165) is 6.07 Å². The maximum absolute atomic E-state index is 12.6. The highest BCUT2D eigenvalue weighted by atomic mass is 32.2. The number of nitrogens with one attached hydrogen (secondary N) is 1. The lowest BCUT2D eigenvalue weighted by atomic mass is 10.0. The number of nitro groups is 1. The van der Waals surface area contributed by atoms with Crippen LogP contribution < -0.4 is 9.46 Å². The number of anilines is 1. The fourth-order valence-electron chi connectivity index (χ4n) is 2.62. The maximum atomic E-state index is 12.6. The van der Waals surface area contributed by atoms with Crippen molar-refractivity contribution in [3.63, 3.8) is 0 Å². The zero-order chi connectivity index (χ0) is 21.0. The molecular formula is C20H16N2O6S. The van der Waals surface area contributed by atoms with Crippen molar-refractivity contribution in [2.75, 3.05) is 11.8 Å². The van der Waals surface area contributed by atoms with Crippen molar-refractivity contribution in [3.05, 3.63) is 94.0 Å². The summed E-state index contributed by atoms with van der Waals surface area (Å²) in [5.41, 5.74) is -0.317. The number of carbonyl (C=O) groups excluding carboxylic acids is 1. The lowest BCUT2D eigenvalue weighted by molar-refractivity contribution is -0.383. The highest BCUT2D eigenvalue weighted by Gasteiger charge is 2.23. The van der Waals surface area contributed by atoms with Crippen LogP contribution in [0.4, 0.5) is 11.4 Å². The zero-order valence-electron chi connectivity index (χ0n) is 15.2. The summed E-state index contributed by atoms with van der Waals surface area (Å²) in [5.74, 6) is 0.0666. The van der Waals surface area contributed by atoms with Crippen LogP contribution in [0.2, 0.25) is 0 Å². The van der Waals surface area contributed by atoms with Crippen LogP contribution in [0.15, 0.2) is 77.7 Å². The van der Waals surface area contributed by atoms with Gasteiger partial charge in [-0.2, -0.15) is 0 Å². The summed E-state index contributed by atoms with van der Waals surface area (Å²) in [7, 11) is -2.63. The summed E-state index contributed by atoms with van der Waals surface area (Å²) in [5, 5.41) is 11.5. The Kier molecular flexibility index (Phi) is 5.60. The molecule has 0 atom stereocenters. The minimum absolute atomic E-state index is 0.0790. The normalized spacial score (nSPS) is 10.9. The summed E-state index contributed by atoms with van der Waals surface area (Å²) in [6.45, 7) is 0. The van der Waals surface area contributed by atoms with Crippen molar-refractivity contribution in [2.24, 2.45) is 0 Å². The van der Waals surface area contributed by atoms with Crippen molar-refractivity contribution in [2.45, 2.75) is 4.90 Å². The molecule has 0 amide bonds. The first-order chi connectivity index (χ1) is 13.8. The van der Waals surface area contributed by atoms with Crippen LogP contribution in [-0.2, 0) is 10.0 Å². The average Bonchev–Trinajstić information content (AvgIpc) is 2.73. The molecule has 3 rings (SSSR count). The number of nitrogens with zero attached hydrogens (tertiary/aromatic N) is 1.